The molecule has 1 aromatic carbocycles. The second-order valence-electron chi connectivity index (χ2n) is 9.39. The van der Waals surface area contributed by atoms with Crippen molar-refractivity contribution in [3.05, 3.63) is 41.6 Å². The van der Waals surface area contributed by atoms with Gasteiger partial charge in [0, 0.05) is 37.0 Å². The first-order valence-electron chi connectivity index (χ1n) is 11.1. The summed E-state index contributed by atoms with van der Waals surface area (Å²) in [5, 5.41) is 0.541. The van der Waals surface area contributed by atoms with E-state index < -0.39 is 11.7 Å². The quantitative estimate of drug-likeness (QED) is 0.614. The van der Waals surface area contributed by atoms with Crippen molar-refractivity contribution in [3.63, 3.8) is 0 Å². The standard InChI is InChI=1S/C24H30F3N3O.CH4/c1-16-12-18(15-30(14-16)22(31)13-17-7-10-29(2)11-8-17)19-5-6-21(24(25,26)27)23-20(19)4-3-9-28-23;/h3-6,9,16-18H,7-8,10-15H2,1-2H3;1H4/t16-,18+;/m1./s1. The first-order valence-corrected chi connectivity index (χ1v) is 11.1. The van der Waals surface area contributed by atoms with E-state index in [0.717, 1.165) is 50.5 Å². The molecule has 0 saturated carbocycles. The number of amides is 1. The predicted molar refractivity (Wildman–Crippen MR) is 121 cm³/mol. The average molecular weight is 450 g/mol. The summed E-state index contributed by atoms with van der Waals surface area (Å²) in [5.41, 5.74) is 0.153. The SMILES string of the molecule is C.C[C@@H]1C[C@H](c2ccc(C(F)(F)F)c3ncccc23)CN(C(=O)CC2CCN(C)CC2)C1. The first kappa shape index (κ1) is 24.5. The van der Waals surface area contributed by atoms with Crippen molar-refractivity contribution in [2.75, 3.05) is 33.2 Å². The molecule has 2 atom stereocenters. The molecule has 0 N–H and O–H groups in total. The van der Waals surface area contributed by atoms with Crippen molar-refractivity contribution < 1.29 is 18.0 Å². The highest BCUT2D eigenvalue weighted by atomic mass is 19.4. The second-order valence-corrected chi connectivity index (χ2v) is 9.39. The van der Waals surface area contributed by atoms with Gasteiger partial charge in [-0.1, -0.05) is 26.5 Å². The number of pyridine rings is 1. The molecule has 2 saturated heterocycles. The van der Waals surface area contributed by atoms with Crippen LogP contribution in [-0.4, -0.2) is 53.9 Å². The molecule has 3 heterocycles. The molecule has 176 valence electrons. The summed E-state index contributed by atoms with van der Waals surface area (Å²) in [6.45, 7) is 5.46. The van der Waals surface area contributed by atoms with Gasteiger partial charge in [0.25, 0.3) is 0 Å². The van der Waals surface area contributed by atoms with E-state index in [1.165, 1.54) is 6.20 Å². The fraction of sp³-hybridized carbons (Fsp3) is 0.600. The van der Waals surface area contributed by atoms with E-state index in [2.05, 4.69) is 23.9 Å². The van der Waals surface area contributed by atoms with Crippen LogP contribution in [0.15, 0.2) is 30.5 Å². The molecule has 2 aromatic rings. The summed E-state index contributed by atoms with van der Waals surface area (Å²) in [4.78, 5) is 21.4. The van der Waals surface area contributed by atoms with Gasteiger partial charge in [-0.05, 0) is 68.9 Å². The number of rotatable bonds is 3. The van der Waals surface area contributed by atoms with E-state index in [1.54, 1.807) is 18.2 Å². The molecule has 0 aliphatic carbocycles. The minimum atomic E-state index is -4.44. The molecule has 4 rings (SSSR count). The van der Waals surface area contributed by atoms with Crippen molar-refractivity contribution in [3.8, 4) is 0 Å². The van der Waals surface area contributed by atoms with Crippen molar-refractivity contribution in [1.82, 2.24) is 14.8 Å². The number of hydrogen-bond donors (Lipinski definition) is 0. The third kappa shape index (κ3) is 5.25. The van der Waals surface area contributed by atoms with E-state index in [9.17, 15) is 18.0 Å². The summed E-state index contributed by atoms with van der Waals surface area (Å²) >= 11 is 0. The third-order valence-corrected chi connectivity index (χ3v) is 6.86. The Morgan fingerprint density at radius 1 is 1.16 bits per heavy atom. The van der Waals surface area contributed by atoms with Crippen molar-refractivity contribution in [2.24, 2.45) is 11.8 Å². The highest BCUT2D eigenvalue weighted by Crippen LogP contribution is 2.39. The highest BCUT2D eigenvalue weighted by molar-refractivity contribution is 5.86. The van der Waals surface area contributed by atoms with Gasteiger partial charge in [-0.2, -0.15) is 13.2 Å². The molecule has 7 heteroatoms. The van der Waals surface area contributed by atoms with E-state index >= 15 is 0 Å². The zero-order valence-corrected chi connectivity index (χ0v) is 18.2. The summed E-state index contributed by atoms with van der Waals surface area (Å²) in [5.74, 6) is 0.921. The molecule has 2 aliphatic rings. The summed E-state index contributed by atoms with van der Waals surface area (Å²) in [6, 6.07) is 6.14. The van der Waals surface area contributed by atoms with Crippen LogP contribution in [0.2, 0.25) is 0 Å². The molecule has 0 radical (unpaired) electrons. The smallest absolute Gasteiger partial charge is 0.342 e. The Kier molecular flexibility index (Phi) is 7.48. The largest absolute Gasteiger partial charge is 0.418 e. The van der Waals surface area contributed by atoms with Gasteiger partial charge < -0.3 is 9.80 Å². The molecule has 2 fully saturated rings. The van der Waals surface area contributed by atoms with Gasteiger partial charge in [-0.3, -0.25) is 9.78 Å². The Balaban J connectivity index is 0.00000289. The van der Waals surface area contributed by atoms with Crippen molar-refractivity contribution >= 4 is 16.8 Å². The van der Waals surface area contributed by atoms with Crippen molar-refractivity contribution in [1.29, 1.82) is 0 Å². The van der Waals surface area contributed by atoms with E-state index in [-0.39, 0.29) is 24.8 Å². The fourth-order valence-corrected chi connectivity index (χ4v) is 5.20. The van der Waals surface area contributed by atoms with Crippen LogP contribution in [0.3, 0.4) is 0 Å². The number of halogens is 3. The van der Waals surface area contributed by atoms with Gasteiger partial charge in [-0.15, -0.1) is 0 Å². The fourth-order valence-electron chi connectivity index (χ4n) is 5.20. The zero-order chi connectivity index (χ0) is 22.2. The summed E-state index contributed by atoms with van der Waals surface area (Å²) in [6.07, 6.45) is 0.480. The number of alkyl halides is 3. The molecule has 0 unspecified atom stereocenters. The molecule has 0 bridgehead atoms. The van der Waals surface area contributed by atoms with Crippen LogP contribution < -0.4 is 0 Å². The van der Waals surface area contributed by atoms with Crippen LogP contribution in [0.4, 0.5) is 13.2 Å². The Labute approximate surface area is 188 Å². The Morgan fingerprint density at radius 3 is 2.56 bits per heavy atom. The number of carbonyl (C=O) groups excluding carboxylic acids is 1. The third-order valence-electron chi connectivity index (χ3n) is 6.86. The Bertz CT molecular complexity index is 938. The first-order chi connectivity index (χ1) is 14.7. The molecule has 32 heavy (non-hydrogen) atoms. The van der Waals surface area contributed by atoms with Gasteiger partial charge in [0.15, 0.2) is 0 Å². The number of hydrogen-bond acceptors (Lipinski definition) is 3. The molecule has 1 aromatic heterocycles. The molecule has 2 aliphatic heterocycles. The molecular formula is C25H34F3N3O. The van der Waals surface area contributed by atoms with Crippen LogP contribution in [0.25, 0.3) is 10.9 Å². The van der Waals surface area contributed by atoms with Gasteiger partial charge in [0.1, 0.15) is 0 Å². The number of piperidine rings is 2. The minimum absolute atomic E-state index is 0. The molecule has 1 amide bonds. The Morgan fingerprint density at radius 2 is 1.88 bits per heavy atom. The van der Waals surface area contributed by atoms with Gasteiger partial charge >= 0.3 is 6.18 Å². The number of aromatic nitrogens is 1. The molecule has 0 spiro atoms. The van der Waals surface area contributed by atoms with E-state index in [0.29, 0.717) is 30.2 Å². The minimum Gasteiger partial charge on any atom is -0.342 e. The van der Waals surface area contributed by atoms with Crippen LogP contribution in [0.1, 0.15) is 57.1 Å². The lowest BCUT2D eigenvalue weighted by atomic mass is 9.82. The maximum absolute atomic E-state index is 13.5. The van der Waals surface area contributed by atoms with E-state index in [1.807, 2.05) is 4.90 Å². The lowest BCUT2D eigenvalue weighted by Gasteiger charge is -2.38. The molecule has 4 nitrogen and oxygen atoms in total. The number of carbonyl (C=O) groups is 1. The van der Waals surface area contributed by atoms with Gasteiger partial charge in [0.2, 0.25) is 5.91 Å². The van der Waals surface area contributed by atoms with E-state index in [4.69, 9.17) is 0 Å². The molecular weight excluding hydrogens is 415 g/mol. The van der Waals surface area contributed by atoms with Gasteiger partial charge in [0.05, 0.1) is 11.1 Å². The predicted octanol–water partition coefficient (Wildman–Crippen LogP) is 5.57. The van der Waals surface area contributed by atoms with Crippen molar-refractivity contribution in [2.45, 2.75) is 52.1 Å². The van der Waals surface area contributed by atoms with Crippen LogP contribution in [0, 0.1) is 11.8 Å². The van der Waals surface area contributed by atoms with Crippen LogP contribution in [-0.2, 0) is 11.0 Å². The number of fused-ring (bicyclic) bond motifs is 1. The topological polar surface area (TPSA) is 36.4 Å². The average Bonchev–Trinajstić information content (AvgIpc) is 2.73. The number of likely N-dealkylation sites (tertiary alicyclic amines) is 2. The highest BCUT2D eigenvalue weighted by Gasteiger charge is 2.36. The van der Waals surface area contributed by atoms with Gasteiger partial charge in [-0.25, -0.2) is 0 Å². The lowest BCUT2D eigenvalue weighted by Crippen LogP contribution is -2.43. The maximum atomic E-state index is 13.5. The number of benzene rings is 1. The number of nitrogens with zero attached hydrogens (tertiary/aromatic N) is 3. The Hall–Kier alpha value is -2.15. The van der Waals surface area contributed by atoms with Crippen LogP contribution >= 0.6 is 0 Å². The monoisotopic (exact) mass is 449 g/mol. The normalized spacial score (nSPS) is 23.2. The summed E-state index contributed by atoms with van der Waals surface area (Å²) < 4.78 is 40.4. The van der Waals surface area contributed by atoms with Crippen LogP contribution in [0.5, 0.6) is 0 Å². The lowest BCUT2D eigenvalue weighted by molar-refractivity contribution is -0.136. The summed E-state index contributed by atoms with van der Waals surface area (Å²) in [7, 11) is 2.11. The maximum Gasteiger partial charge on any atom is 0.418 e. The second kappa shape index (κ2) is 9.77. The zero-order valence-electron chi connectivity index (χ0n) is 18.2.